The molecule has 0 heterocycles. The maximum atomic E-state index is 14.3. The monoisotopic (exact) mass is 318 g/mol. The molecule has 8 heteroatoms. The van der Waals surface area contributed by atoms with Gasteiger partial charge in [-0.2, -0.15) is 0 Å². The lowest BCUT2D eigenvalue weighted by atomic mass is 9.90. The third-order valence-corrected chi connectivity index (χ3v) is 3.30. The van der Waals surface area contributed by atoms with Crippen LogP contribution in [0.15, 0.2) is 6.07 Å². The Bertz CT molecular complexity index is 746. The molecule has 2 rings (SSSR count). The normalized spacial score (nSPS) is 10.9. The summed E-state index contributed by atoms with van der Waals surface area (Å²) in [4.78, 5) is 0. The average molecular weight is 318 g/mol. The van der Waals surface area contributed by atoms with E-state index in [1.165, 1.54) is 7.85 Å². The van der Waals surface area contributed by atoms with Crippen molar-refractivity contribution in [1.29, 1.82) is 0 Å². The highest BCUT2D eigenvalue weighted by Gasteiger charge is 2.29. The molecule has 0 saturated heterocycles. The van der Waals surface area contributed by atoms with Crippen LogP contribution in [0.1, 0.15) is 5.56 Å². The molecule has 0 aliphatic carbocycles. The van der Waals surface area contributed by atoms with E-state index in [-0.39, 0.29) is 5.46 Å². The maximum Gasteiger partial charge on any atom is 0.175 e. The first-order valence-corrected chi connectivity index (χ1v) is 6.07. The van der Waals surface area contributed by atoms with Gasteiger partial charge in [0.25, 0.3) is 0 Å². The van der Waals surface area contributed by atoms with E-state index >= 15 is 0 Å². The van der Waals surface area contributed by atoms with Gasteiger partial charge in [-0.05, 0) is 18.5 Å². The highest BCUT2D eigenvalue weighted by atomic mass is 19.2. The van der Waals surface area contributed by atoms with E-state index < -0.39 is 57.3 Å². The average Bonchev–Trinajstić information content (AvgIpc) is 2.46. The highest BCUT2D eigenvalue weighted by Crippen LogP contribution is 2.36. The molecule has 0 radical (unpaired) electrons. The van der Waals surface area contributed by atoms with Crippen LogP contribution in [0, 0.1) is 41.8 Å². The predicted molar refractivity (Wildman–Crippen MR) is 71.1 cm³/mol. The van der Waals surface area contributed by atoms with E-state index in [2.05, 4.69) is 4.74 Å². The molecule has 2 aromatic carbocycles. The van der Waals surface area contributed by atoms with Crippen molar-refractivity contribution in [3.8, 4) is 16.9 Å². The molecule has 0 atom stereocenters. The third-order valence-electron chi connectivity index (χ3n) is 3.30. The fourth-order valence-electron chi connectivity index (χ4n) is 2.16. The van der Waals surface area contributed by atoms with E-state index in [0.717, 1.165) is 20.1 Å². The lowest BCUT2D eigenvalue weighted by molar-refractivity contribution is 0.388. The molecule has 2 aromatic rings. The fraction of sp³-hybridized carbons (Fsp3) is 0.143. The highest BCUT2D eigenvalue weighted by molar-refractivity contribution is 6.34. The number of halogens is 6. The van der Waals surface area contributed by atoms with Crippen LogP contribution in [0.25, 0.3) is 11.1 Å². The fourth-order valence-corrected chi connectivity index (χ4v) is 2.16. The lowest BCUT2D eigenvalue weighted by Crippen LogP contribution is -2.14. The zero-order valence-electron chi connectivity index (χ0n) is 11.8. The van der Waals surface area contributed by atoms with Crippen molar-refractivity contribution >= 4 is 13.3 Å². The molecule has 0 aliphatic heterocycles. The molecule has 0 N–H and O–H groups in total. The second-order valence-corrected chi connectivity index (χ2v) is 4.65. The number of hydrogen-bond acceptors (Lipinski definition) is 1. The van der Waals surface area contributed by atoms with Gasteiger partial charge in [-0.1, -0.05) is 0 Å². The maximum absolute atomic E-state index is 14.3. The molecular formula is C14H9BF6O. The van der Waals surface area contributed by atoms with Crippen molar-refractivity contribution in [1.82, 2.24) is 0 Å². The Balaban J connectivity index is 2.96. The number of hydrogen-bond donors (Lipinski definition) is 0. The third kappa shape index (κ3) is 2.22. The molecule has 0 unspecified atom stereocenters. The summed E-state index contributed by atoms with van der Waals surface area (Å²) < 4.78 is 87.9. The standard InChI is InChI=1S/C14H9BF6O/c1-4-9(17)11(19)8(12(20)10(4)18)7-6(16)3-5(15)14(22-2)13(7)21/h3H,15H2,1-2H3. The quantitative estimate of drug-likeness (QED) is 0.470. The Hall–Kier alpha value is -2.12. The van der Waals surface area contributed by atoms with Crippen molar-refractivity contribution < 1.29 is 31.1 Å². The van der Waals surface area contributed by atoms with Crippen LogP contribution < -0.4 is 10.2 Å². The van der Waals surface area contributed by atoms with Gasteiger partial charge in [-0.3, -0.25) is 0 Å². The van der Waals surface area contributed by atoms with Gasteiger partial charge in [0, 0.05) is 5.56 Å². The van der Waals surface area contributed by atoms with Crippen molar-refractivity contribution in [3.05, 3.63) is 46.5 Å². The van der Waals surface area contributed by atoms with Gasteiger partial charge in [0.2, 0.25) is 0 Å². The Morgan fingerprint density at radius 1 is 0.818 bits per heavy atom. The van der Waals surface area contributed by atoms with E-state index in [0.29, 0.717) is 0 Å². The summed E-state index contributed by atoms with van der Waals surface area (Å²) in [5, 5.41) is 0. The molecule has 0 spiro atoms. The minimum absolute atomic E-state index is 0.0233. The van der Waals surface area contributed by atoms with Crippen molar-refractivity contribution in [2.45, 2.75) is 6.92 Å². The minimum atomic E-state index is -1.87. The Morgan fingerprint density at radius 3 is 1.77 bits per heavy atom. The lowest BCUT2D eigenvalue weighted by Gasteiger charge is -2.15. The molecule has 0 fully saturated rings. The van der Waals surface area contributed by atoms with Crippen LogP contribution in [0.3, 0.4) is 0 Å². The molecule has 1 nitrogen and oxygen atoms in total. The van der Waals surface area contributed by atoms with Gasteiger partial charge in [0.1, 0.15) is 19.4 Å². The molecule has 0 aliphatic rings. The van der Waals surface area contributed by atoms with Crippen molar-refractivity contribution in [3.63, 3.8) is 0 Å². The van der Waals surface area contributed by atoms with Crippen LogP contribution in [-0.4, -0.2) is 15.0 Å². The van der Waals surface area contributed by atoms with Crippen LogP contribution in [0.5, 0.6) is 5.75 Å². The van der Waals surface area contributed by atoms with Crippen LogP contribution in [0.2, 0.25) is 0 Å². The van der Waals surface area contributed by atoms with Gasteiger partial charge in [0.15, 0.2) is 29.1 Å². The first kappa shape index (κ1) is 16.3. The largest absolute Gasteiger partial charge is 0.494 e. The molecular weight excluding hydrogens is 309 g/mol. The van der Waals surface area contributed by atoms with Gasteiger partial charge in [0.05, 0.1) is 18.2 Å². The van der Waals surface area contributed by atoms with Crippen LogP contribution in [0.4, 0.5) is 26.3 Å². The summed E-state index contributed by atoms with van der Waals surface area (Å²) in [5.74, 6) is -10.5. The topological polar surface area (TPSA) is 9.23 Å². The molecule has 0 amide bonds. The summed E-state index contributed by atoms with van der Waals surface area (Å²) >= 11 is 0. The van der Waals surface area contributed by atoms with E-state index in [4.69, 9.17) is 0 Å². The molecule has 22 heavy (non-hydrogen) atoms. The van der Waals surface area contributed by atoms with Gasteiger partial charge < -0.3 is 4.74 Å². The van der Waals surface area contributed by atoms with Crippen molar-refractivity contribution in [2.24, 2.45) is 0 Å². The Morgan fingerprint density at radius 2 is 1.32 bits per heavy atom. The van der Waals surface area contributed by atoms with Gasteiger partial charge >= 0.3 is 0 Å². The zero-order chi connectivity index (χ0) is 16.8. The Kier molecular flexibility index (Phi) is 4.13. The molecule has 0 bridgehead atoms. The SMILES string of the molecule is Bc1cc(F)c(-c2c(F)c(F)c(C)c(F)c2F)c(F)c1OC. The summed E-state index contributed by atoms with van der Waals surface area (Å²) in [6.07, 6.45) is 0. The second-order valence-electron chi connectivity index (χ2n) is 4.65. The number of ether oxygens (including phenoxy) is 1. The number of rotatable bonds is 2. The molecule has 0 saturated carbocycles. The predicted octanol–water partition coefficient (Wildman–Crippen LogP) is 2.76. The number of benzene rings is 2. The van der Waals surface area contributed by atoms with Gasteiger partial charge in [-0.25, -0.2) is 26.3 Å². The van der Waals surface area contributed by atoms with Crippen molar-refractivity contribution in [2.75, 3.05) is 7.11 Å². The summed E-state index contributed by atoms with van der Waals surface area (Å²) in [6, 6.07) is 0.756. The first-order chi connectivity index (χ1) is 10.2. The second kappa shape index (κ2) is 5.59. The number of methoxy groups -OCH3 is 1. The Labute approximate surface area is 122 Å². The summed E-state index contributed by atoms with van der Waals surface area (Å²) in [5.41, 5.74) is -3.57. The van der Waals surface area contributed by atoms with Crippen LogP contribution in [-0.2, 0) is 0 Å². The van der Waals surface area contributed by atoms with Gasteiger partial charge in [-0.15, -0.1) is 0 Å². The smallest absolute Gasteiger partial charge is 0.175 e. The molecule has 0 aromatic heterocycles. The first-order valence-electron chi connectivity index (χ1n) is 6.07. The van der Waals surface area contributed by atoms with E-state index in [1.54, 1.807) is 0 Å². The molecule has 116 valence electrons. The summed E-state index contributed by atoms with van der Waals surface area (Å²) in [7, 11) is 2.37. The minimum Gasteiger partial charge on any atom is -0.494 e. The van der Waals surface area contributed by atoms with E-state index in [1.807, 2.05) is 0 Å². The van der Waals surface area contributed by atoms with E-state index in [9.17, 15) is 26.3 Å². The van der Waals surface area contributed by atoms with Crippen LogP contribution >= 0.6 is 0 Å². The zero-order valence-corrected chi connectivity index (χ0v) is 11.8. The summed E-state index contributed by atoms with van der Waals surface area (Å²) in [6.45, 7) is 0.809.